The predicted molar refractivity (Wildman–Crippen MR) is 97.6 cm³/mol. The summed E-state index contributed by atoms with van der Waals surface area (Å²) >= 11 is 0. The molecule has 2 aromatic rings. The number of nitrogens with zero attached hydrogens (tertiary/aromatic N) is 1. The van der Waals surface area contributed by atoms with Gasteiger partial charge < -0.3 is 4.90 Å². The normalized spacial score (nSPS) is 19.5. The standard InChI is InChI=1S/C22H23NO/c1-16-6-8-17(9-7-16)10-15-22(24)23(19-12-13-19)21-14-11-18-4-2-3-5-20(18)21/h2-10,15,19,21H,11-14H2,1H3/b15-10+. The van der Waals surface area contributed by atoms with Gasteiger partial charge in [-0.2, -0.15) is 0 Å². The molecular weight excluding hydrogens is 294 g/mol. The van der Waals surface area contributed by atoms with Gasteiger partial charge in [0.15, 0.2) is 0 Å². The molecule has 4 rings (SSSR count). The molecule has 1 atom stereocenters. The molecule has 0 aromatic heterocycles. The highest BCUT2D eigenvalue weighted by Gasteiger charge is 2.39. The first kappa shape index (κ1) is 15.2. The second-order valence-electron chi connectivity index (χ2n) is 6.97. The Kier molecular flexibility index (Phi) is 3.97. The molecule has 0 saturated heterocycles. The van der Waals surface area contributed by atoms with Crippen molar-refractivity contribution in [3.63, 3.8) is 0 Å². The monoisotopic (exact) mass is 317 g/mol. The molecule has 24 heavy (non-hydrogen) atoms. The van der Waals surface area contributed by atoms with Gasteiger partial charge in [0.2, 0.25) is 5.91 Å². The molecule has 0 heterocycles. The maximum absolute atomic E-state index is 12.9. The zero-order valence-corrected chi connectivity index (χ0v) is 14.1. The van der Waals surface area contributed by atoms with E-state index >= 15 is 0 Å². The molecule has 1 amide bonds. The van der Waals surface area contributed by atoms with Gasteiger partial charge in [-0.15, -0.1) is 0 Å². The van der Waals surface area contributed by atoms with Crippen LogP contribution in [-0.2, 0) is 11.2 Å². The van der Waals surface area contributed by atoms with Crippen molar-refractivity contribution in [1.29, 1.82) is 0 Å². The molecule has 2 aliphatic rings. The maximum Gasteiger partial charge on any atom is 0.247 e. The van der Waals surface area contributed by atoms with Crippen LogP contribution in [0.4, 0.5) is 0 Å². The Bertz CT molecular complexity index is 771. The van der Waals surface area contributed by atoms with E-state index in [2.05, 4.69) is 60.4 Å². The van der Waals surface area contributed by atoms with Crippen LogP contribution in [0.5, 0.6) is 0 Å². The van der Waals surface area contributed by atoms with E-state index in [4.69, 9.17) is 0 Å². The molecule has 2 nitrogen and oxygen atoms in total. The average molecular weight is 317 g/mol. The molecule has 1 fully saturated rings. The summed E-state index contributed by atoms with van der Waals surface area (Å²) in [5, 5.41) is 0. The second-order valence-corrected chi connectivity index (χ2v) is 6.97. The van der Waals surface area contributed by atoms with E-state index in [9.17, 15) is 4.79 Å². The fourth-order valence-electron chi connectivity index (χ4n) is 3.70. The summed E-state index contributed by atoms with van der Waals surface area (Å²) in [6.07, 6.45) is 8.12. The predicted octanol–water partition coefficient (Wildman–Crippen LogP) is 4.69. The van der Waals surface area contributed by atoms with Crippen molar-refractivity contribution in [2.75, 3.05) is 0 Å². The quantitative estimate of drug-likeness (QED) is 0.749. The van der Waals surface area contributed by atoms with Crippen molar-refractivity contribution in [2.45, 2.75) is 44.7 Å². The zero-order chi connectivity index (χ0) is 16.5. The van der Waals surface area contributed by atoms with Crippen LogP contribution in [-0.4, -0.2) is 16.8 Å². The van der Waals surface area contributed by atoms with Crippen LogP contribution in [0.15, 0.2) is 54.6 Å². The van der Waals surface area contributed by atoms with Gasteiger partial charge in [-0.05, 0) is 55.4 Å². The van der Waals surface area contributed by atoms with Gasteiger partial charge in [-0.1, -0.05) is 54.1 Å². The highest BCUT2D eigenvalue weighted by atomic mass is 16.2. The van der Waals surface area contributed by atoms with E-state index in [1.54, 1.807) is 6.08 Å². The summed E-state index contributed by atoms with van der Waals surface area (Å²) in [6.45, 7) is 2.07. The lowest BCUT2D eigenvalue weighted by atomic mass is 10.1. The maximum atomic E-state index is 12.9. The minimum atomic E-state index is 0.153. The Labute approximate surface area is 143 Å². The largest absolute Gasteiger partial charge is 0.329 e. The average Bonchev–Trinajstić information content (AvgIpc) is 3.35. The number of aryl methyl sites for hydroxylation is 2. The first-order valence-electron chi connectivity index (χ1n) is 8.87. The molecule has 1 unspecified atom stereocenters. The highest BCUT2D eigenvalue weighted by Crippen LogP contribution is 2.41. The van der Waals surface area contributed by atoms with Gasteiger partial charge >= 0.3 is 0 Å². The summed E-state index contributed by atoms with van der Waals surface area (Å²) in [4.78, 5) is 15.0. The number of carbonyl (C=O) groups excluding carboxylic acids is 1. The molecule has 0 bridgehead atoms. The third kappa shape index (κ3) is 3.01. The lowest BCUT2D eigenvalue weighted by Crippen LogP contribution is -2.34. The lowest BCUT2D eigenvalue weighted by molar-refractivity contribution is -0.129. The molecule has 2 aromatic carbocycles. The summed E-state index contributed by atoms with van der Waals surface area (Å²) < 4.78 is 0. The fraction of sp³-hybridized carbons (Fsp3) is 0.318. The van der Waals surface area contributed by atoms with Crippen LogP contribution >= 0.6 is 0 Å². The second kappa shape index (κ2) is 6.27. The molecule has 2 heteroatoms. The van der Waals surface area contributed by atoms with Crippen molar-refractivity contribution < 1.29 is 4.79 Å². The van der Waals surface area contributed by atoms with E-state index in [1.807, 2.05) is 6.08 Å². The van der Waals surface area contributed by atoms with Gasteiger partial charge in [0.1, 0.15) is 0 Å². The van der Waals surface area contributed by atoms with E-state index in [0.29, 0.717) is 6.04 Å². The van der Waals surface area contributed by atoms with Crippen LogP contribution < -0.4 is 0 Å². The van der Waals surface area contributed by atoms with Crippen LogP contribution in [0.25, 0.3) is 6.08 Å². The van der Waals surface area contributed by atoms with E-state index < -0.39 is 0 Å². The van der Waals surface area contributed by atoms with Crippen molar-refractivity contribution >= 4 is 12.0 Å². The molecule has 2 aliphatic carbocycles. The van der Waals surface area contributed by atoms with Crippen molar-refractivity contribution in [2.24, 2.45) is 0 Å². The first-order chi connectivity index (χ1) is 11.7. The fourth-order valence-corrected chi connectivity index (χ4v) is 3.70. The van der Waals surface area contributed by atoms with Crippen LogP contribution in [0.3, 0.4) is 0 Å². The smallest absolute Gasteiger partial charge is 0.247 e. The Morgan fingerprint density at radius 2 is 1.79 bits per heavy atom. The Morgan fingerprint density at radius 3 is 2.54 bits per heavy atom. The number of hydrogen-bond acceptors (Lipinski definition) is 1. The highest BCUT2D eigenvalue weighted by molar-refractivity contribution is 5.92. The van der Waals surface area contributed by atoms with E-state index in [-0.39, 0.29) is 11.9 Å². The molecule has 1 saturated carbocycles. The van der Waals surface area contributed by atoms with E-state index in [1.165, 1.54) is 16.7 Å². The molecular formula is C22H23NO. The minimum absolute atomic E-state index is 0.153. The number of carbonyl (C=O) groups is 1. The van der Waals surface area contributed by atoms with Gasteiger partial charge in [0.25, 0.3) is 0 Å². The topological polar surface area (TPSA) is 20.3 Å². The van der Waals surface area contributed by atoms with Gasteiger partial charge in [-0.25, -0.2) is 0 Å². The molecule has 0 spiro atoms. The number of hydrogen-bond donors (Lipinski definition) is 0. The van der Waals surface area contributed by atoms with Crippen LogP contribution in [0, 0.1) is 6.92 Å². The number of amides is 1. The first-order valence-corrected chi connectivity index (χ1v) is 8.87. The lowest BCUT2D eigenvalue weighted by Gasteiger charge is -2.29. The Balaban J connectivity index is 1.55. The summed E-state index contributed by atoms with van der Waals surface area (Å²) in [5.41, 5.74) is 5.07. The van der Waals surface area contributed by atoms with Gasteiger partial charge in [0.05, 0.1) is 6.04 Å². The number of rotatable bonds is 4. The minimum Gasteiger partial charge on any atom is -0.329 e. The Morgan fingerprint density at radius 1 is 1.04 bits per heavy atom. The molecule has 122 valence electrons. The SMILES string of the molecule is Cc1ccc(/C=C/C(=O)N(C2CC2)C2CCc3ccccc32)cc1. The van der Waals surface area contributed by atoms with Crippen LogP contribution in [0.1, 0.15) is 47.6 Å². The van der Waals surface area contributed by atoms with E-state index in [0.717, 1.165) is 31.2 Å². The molecule has 0 radical (unpaired) electrons. The summed E-state index contributed by atoms with van der Waals surface area (Å²) in [5.74, 6) is 0.153. The Hall–Kier alpha value is -2.35. The van der Waals surface area contributed by atoms with Crippen LogP contribution in [0.2, 0.25) is 0 Å². The van der Waals surface area contributed by atoms with Crippen molar-refractivity contribution in [3.05, 3.63) is 76.9 Å². The molecule has 0 N–H and O–H groups in total. The summed E-state index contributed by atoms with van der Waals surface area (Å²) in [7, 11) is 0. The van der Waals surface area contributed by atoms with Gasteiger partial charge in [0, 0.05) is 12.1 Å². The third-order valence-corrected chi connectivity index (χ3v) is 5.13. The number of benzene rings is 2. The third-order valence-electron chi connectivity index (χ3n) is 5.13. The zero-order valence-electron chi connectivity index (χ0n) is 14.1. The number of fused-ring (bicyclic) bond motifs is 1. The van der Waals surface area contributed by atoms with Crippen molar-refractivity contribution in [1.82, 2.24) is 4.90 Å². The van der Waals surface area contributed by atoms with Crippen molar-refractivity contribution in [3.8, 4) is 0 Å². The van der Waals surface area contributed by atoms with Gasteiger partial charge in [-0.3, -0.25) is 4.79 Å². The molecule has 0 aliphatic heterocycles. The summed E-state index contributed by atoms with van der Waals surface area (Å²) in [6, 6.07) is 17.5.